The lowest BCUT2D eigenvalue weighted by Crippen LogP contribution is -2.22. The van der Waals surface area contributed by atoms with Gasteiger partial charge in [-0.15, -0.1) is 0 Å². The molecule has 0 saturated heterocycles. The summed E-state index contributed by atoms with van der Waals surface area (Å²) in [5.74, 6) is -1.90. The summed E-state index contributed by atoms with van der Waals surface area (Å²) in [5.41, 5.74) is 0.843. The molecule has 0 saturated carbocycles. The first-order valence-electron chi connectivity index (χ1n) is 8.30. The Hall–Kier alpha value is -3.54. The first-order chi connectivity index (χ1) is 13.0. The number of pyridine rings is 1. The zero-order valence-corrected chi connectivity index (χ0v) is 14.1. The van der Waals surface area contributed by atoms with Gasteiger partial charge in [0.05, 0.1) is 16.7 Å². The number of carbonyl (C=O) groups is 1. The predicted molar refractivity (Wildman–Crippen MR) is 101 cm³/mol. The van der Waals surface area contributed by atoms with Gasteiger partial charge in [-0.3, -0.25) is 9.59 Å². The summed E-state index contributed by atoms with van der Waals surface area (Å²) in [6.45, 7) is -0.155. The third-order valence-corrected chi connectivity index (χ3v) is 4.38. The molecule has 1 N–H and O–H groups in total. The molecule has 0 radical (unpaired) electrons. The van der Waals surface area contributed by atoms with Crippen molar-refractivity contribution in [2.75, 3.05) is 5.32 Å². The van der Waals surface area contributed by atoms with E-state index in [9.17, 15) is 18.4 Å². The van der Waals surface area contributed by atoms with Gasteiger partial charge >= 0.3 is 0 Å². The number of nitrogens with zero attached hydrogens (tertiary/aromatic N) is 1. The Bertz CT molecular complexity index is 1190. The molecule has 1 aromatic heterocycles. The van der Waals surface area contributed by atoms with Crippen molar-refractivity contribution in [2.45, 2.75) is 6.54 Å². The van der Waals surface area contributed by atoms with Crippen LogP contribution in [0.3, 0.4) is 0 Å². The molecule has 0 fully saturated rings. The van der Waals surface area contributed by atoms with E-state index < -0.39 is 17.5 Å². The third-order valence-electron chi connectivity index (χ3n) is 4.38. The highest BCUT2D eigenvalue weighted by atomic mass is 19.1. The van der Waals surface area contributed by atoms with Crippen LogP contribution in [-0.4, -0.2) is 10.5 Å². The number of aromatic nitrogens is 1. The summed E-state index contributed by atoms with van der Waals surface area (Å²) in [5, 5.41) is 3.36. The molecular formula is C21H14F2N2O2. The molecular weight excluding hydrogens is 350 g/mol. The van der Waals surface area contributed by atoms with Crippen LogP contribution in [-0.2, 0) is 11.3 Å². The molecule has 0 unspecified atom stereocenters. The highest BCUT2D eigenvalue weighted by Gasteiger charge is 2.14. The number of hydrogen-bond acceptors (Lipinski definition) is 2. The van der Waals surface area contributed by atoms with E-state index in [2.05, 4.69) is 5.32 Å². The van der Waals surface area contributed by atoms with Gasteiger partial charge in [-0.2, -0.15) is 0 Å². The minimum atomic E-state index is -0.723. The highest BCUT2D eigenvalue weighted by molar-refractivity contribution is 5.97. The Morgan fingerprint density at radius 2 is 1.48 bits per heavy atom. The SMILES string of the molecule is O=C(Cn1c2ccccc2c(=O)c2ccccc21)Nc1cc(F)ccc1F. The number of amides is 1. The molecule has 3 aromatic carbocycles. The average molecular weight is 364 g/mol. The molecule has 4 aromatic rings. The van der Waals surface area contributed by atoms with Crippen molar-refractivity contribution in [1.82, 2.24) is 4.57 Å². The Kier molecular flexibility index (Phi) is 4.16. The van der Waals surface area contributed by atoms with Crippen LogP contribution < -0.4 is 10.7 Å². The van der Waals surface area contributed by atoms with Gasteiger partial charge in [-0.05, 0) is 36.4 Å². The second-order valence-corrected chi connectivity index (χ2v) is 6.12. The van der Waals surface area contributed by atoms with Crippen LogP contribution in [0, 0.1) is 11.6 Å². The highest BCUT2D eigenvalue weighted by Crippen LogP contribution is 2.20. The van der Waals surface area contributed by atoms with E-state index in [4.69, 9.17) is 0 Å². The van der Waals surface area contributed by atoms with Gasteiger partial charge in [0, 0.05) is 16.8 Å². The number of hydrogen-bond donors (Lipinski definition) is 1. The van der Waals surface area contributed by atoms with Crippen molar-refractivity contribution < 1.29 is 13.6 Å². The number of fused-ring (bicyclic) bond motifs is 2. The molecule has 0 bridgehead atoms. The van der Waals surface area contributed by atoms with Gasteiger partial charge in [0.1, 0.15) is 18.2 Å². The number of anilines is 1. The van der Waals surface area contributed by atoms with Crippen LogP contribution in [0.1, 0.15) is 0 Å². The second kappa shape index (κ2) is 6.64. The van der Waals surface area contributed by atoms with Gasteiger partial charge in [-0.1, -0.05) is 24.3 Å². The van der Waals surface area contributed by atoms with E-state index in [0.717, 1.165) is 18.2 Å². The van der Waals surface area contributed by atoms with E-state index in [0.29, 0.717) is 21.8 Å². The number of benzene rings is 3. The lowest BCUT2D eigenvalue weighted by molar-refractivity contribution is -0.116. The lowest BCUT2D eigenvalue weighted by Gasteiger charge is -2.15. The molecule has 1 amide bonds. The minimum absolute atomic E-state index is 0.117. The van der Waals surface area contributed by atoms with Crippen LogP contribution in [0.15, 0.2) is 71.5 Å². The topological polar surface area (TPSA) is 51.1 Å². The number of rotatable bonds is 3. The van der Waals surface area contributed by atoms with E-state index in [1.165, 1.54) is 0 Å². The van der Waals surface area contributed by atoms with Crippen molar-refractivity contribution in [3.63, 3.8) is 0 Å². The molecule has 0 aliphatic carbocycles. The normalized spacial score (nSPS) is 11.0. The fourth-order valence-electron chi connectivity index (χ4n) is 3.17. The minimum Gasteiger partial charge on any atom is -0.331 e. The molecule has 1 heterocycles. The first kappa shape index (κ1) is 16.9. The maximum Gasteiger partial charge on any atom is 0.244 e. The second-order valence-electron chi connectivity index (χ2n) is 6.12. The van der Waals surface area contributed by atoms with Gasteiger partial charge in [-0.25, -0.2) is 8.78 Å². The molecule has 0 atom stereocenters. The van der Waals surface area contributed by atoms with Gasteiger partial charge < -0.3 is 9.88 Å². The monoisotopic (exact) mass is 364 g/mol. The molecule has 0 spiro atoms. The number of para-hydroxylation sites is 2. The van der Waals surface area contributed by atoms with E-state index >= 15 is 0 Å². The Morgan fingerprint density at radius 3 is 2.11 bits per heavy atom. The fourth-order valence-corrected chi connectivity index (χ4v) is 3.17. The van der Waals surface area contributed by atoms with Crippen molar-refractivity contribution in [1.29, 1.82) is 0 Å². The van der Waals surface area contributed by atoms with Crippen molar-refractivity contribution in [3.8, 4) is 0 Å². The standard InChI is InChI=1S/C21H14F2N2O2/c22-13-9-10-16(23)17(11-13)24-20(26)12-25-18-7-3-1-5-14(18)21(27)15-6-2-4-8-19(15)25/h1-11H,12H2,(H,24,26). The summed E-state index contributed by atoms with van der Waals surface area (Å²) >= 11 is 0. The summed E-state index contributed by atoms with van der Waals surface area (Å²) in [4.78, 5) is 25.2. The zero-order chi connectivity index (χ0) is 19.0. The van der Waals surface area contributed by atoms with E-state index in [-0.39, 0.29) is 17.7 Å². The van der Waals surface area contributed by atoms with Crippen LogP contribution in [0.4, 0.5) is 14.5 Å². The fraction of sp³-hybridized carbons (Fsp3) is 0.0476. The molecule has 0 aliphatic heterocycles. The van der Waals surface area contributed by atoms with Crippen LogP contribution >= 0.6 is 0 Å². The maximum atomic E-state index is 13.8. The van der Waals surface area contributed by atoms with Gasteiger partial charge in [0.25, 0.3) is 0 Å². The largest absolute Gasteiger partial charge is 0.331 e. The molecule has 27 heavy (non-hydrogen) atoms. The van der Waals surface area contributed by atoms with Gasteiger partial charge in [0.2, 0.25) is 5.91 Å². The number of nitrogens with one attached hydrogen (secondary N) is 1. The zero-order valence-electron chi connectivity index (χ0n) is 14.1. The predicted octanol–water partition coefficient (Wildman–Crippen LogP) is 4.07. The van der Waals surface area contributed by atoms with E-state index in [1.807, 2.05) is 0 Å². The van der Waals surface area contributed by atoms with E-state index in [1.54, 1.807) is 53.1 Å². The lowest BCUT2D eigenvalue weighted by atomic mass is 10.1. The summed E-state index contributed by atoms with van der Waals surface area (Å²) in [7, 11) is 0. The maximum absolute atomic E-state index is 13.8. The first-order valence-corrected chi connectivity index (χ1v) is 8.30. The molecule has 0 aliphatic rings. The van der Waals surface area contributed by atoms with Crippen LogP contribution in [0.25, 0.3) is 21.8 Å². The van der Waals surface area contributed by atoms with Crippen molar-refractivity contribution in [3.05, 3.63) is 88.6 Å². The summed E-state index contributed by atoms with van der Waals surface area (Å²) < 4.78 is 28.8. The number of carbonyl (C=O) groups excluding carboxylic acids is 1. The van der Waals surface area contributed by atoms with Gasteiger partial charge in [0.15, 0.2) is 5.43 Å². The Balaban J connectivity index is 1.81. The Labute approximate surface area is 152 Å². The Morgan fingerprint density at radius 1 is 0.889 bits per heavy atom. The summed E-state index contributed by atoms with van der Waals surface area (Å²) in [6.07, 6.45) is 0. The number of halogens is 2. The summed E-state index contributed by atoms with van der Waals surface area (Å²) in [6, 6.07) is 16.8. The molecule has 4 nitrogen and oxygen atoms in total. The van der Waals surface area contributed by atoms with Crippen LogP contribution in [0.2, 0.25) is 0 Å². The molecule has 134 valence electrons. The van der Waals surface area contributed by atoms with Crippen molar-refractivity contribution >= 4 is 33.4 Å². The average Bonchev–Trinajstić information content (AvgIpc) is 2.68. The van der Waals surface area contributed by atoms with Crippen molar-refractivity contribution in [2.24, 2.45) is 0 Å². The smallest absolute Gasteiger partial charge is 0.244 e. The van der Waals surface area contributed by atoms with Crippen LogP contribution in [0.5, 0.6) is 0 Å². The third kappa shape index (κ3) is 3.06. The quantitative estimate of drug-likeness (QED) is 0.557. The molecule has 6 heteroatoms. The molecule has 4 rings (SSSR count).